The van der Waals surface area contributed by atoms with Gasteiger partial charge in [0.05, 0.1) is 12.6 Å². The molecule has 0 aromatic heterocycles. The zero-order valence-corrected chi connectivity index (χ0v) is 12.5. The number of hydrogen-bond acceptors (Lipinski definition) is 2. The lowest BCUT2D eigenvalue weighted by Crippen LogP contribution is -2.35. The van der Waals surface area contributed by atoms with Crippen LogP contribution in [0.3, 0.4) is 0 Å². The Kier molecular flexibility index (Phi) is 5.07. The first-order chi connectivity index (χ1) is 8.69. The highest BCUT2D eigenvalue weighted by atomic mass is 79.9. The van der Waals surface area contributed by atoms with Crippen molar-refractivity contribution >= 4 is 21.6 Å². The summed E-state index contributed by atoms with van der Waals surface area (Å²) in [7, 11) is 0. The summed E-state index contributed by atoms with van der Waals surface area (Å²) in [5.74, 6) is 1.39. The zero-order valence-electron chi connectivity index (χ0n) is 10.9. The molecular formula is C15H22BrNO. The predicted molar refractivity (Wildman–Crippen MR) is 79.8 cm³/mol. The van der Waals surface area contributed by atoms with Crippen molar-refractivity contribution in [1.82, 2.24) is 0 Å². The molecule has 0 aliphatic heterocycles. The molecule has 1 aromatic rings. The smallest absolute Gasteiger partial charge is 0.0635 e. The van der Waals surface area contributed by atoms with Crippen molar-refractivity contribution in [2.45, 2.75) is 38.6 Å². The first kappa shape index (κ1) is 13.9. The van der Waals surface area contributed by atoms with Crippen molar-refractivity contribution in [3.8, 4) is 0 Å². The van der Waals surface area contributed by atoms with Gasteiger partial charge in [-0.2, -0.15) is 0 Å². The van der Waals surface area contributed by atoms with E-state index in [9.17, 15) is 5.11 Å². The molecule has 2 N–H and O–H groups in total. The minimum atomic E-state index is 0.182. The third-order valence-corrected chi connectivity index (χ3v) is 4.41. The van der Waals surface area contributed by atoms with E-state index in [1.54, 1.807) is 0 Å². The van der Waals surface area contributed by atoms with E-state index in [1.165, 1.54) is 25.7 Å². The molecule has 1 aromatic carbocycles. The zero-order chi connectivity index (χ0) is 13.0. The Bertz CT molecular complexity index is 383. The molecule has 0 heterocycles. The van der Waals surface area contributed by atoms with E-state index < -0.39 is 0 Å². The van der Waals surface area contributed by atoms with Crippen LogP contribution in [0.25, 0.3) is 0 Å². The normalized spacial score (nSPS) is 25.7. The molecule has 3 heteroatoms. The van der Waals surface area contributed by atoms with Gasteiger partial charge in [-0.3, -0.25) is 0 Å². The van der Waals surface area contributed by atoms with Crippen LogP contribution in [0.2, 0.25) is 0 Å². The van der Waals surface area contributed by atoms with E-state index in [2.05, 4.69) is 40.3 Å². The van der Waals surface area contributed by atoms with Gasteiger partial charge in [-0.1, -0.05) is 41.8 Å². The maximum atomic E-state index is 9.62. The molecule has 2 nitrogen and oxygen atoms in total. The van der Waals surface area contributed by atoms with Crippen LogP contribution in [0.15, 0.2) is 28.7 Å². The summed E-state index contributed by atoms with van der Waals surface area (Å²) in [4.78, 5) is 0. The van der Waals surface area contributed by atoms with Crippen molar-refractivity contribution in [1.29, 1.82) is 0 Å². The molecule has 3 unspecified atom stereocenters. The SMILES string of the molecule is CC1CCCC(C(CO)Nc2cccc(Br)c2)C1. The Hall–Kier alpha value is -0.540. The highest BCUT2D eigenvalue weighted by Crippen LogP contribution is 2.32. The summed E-state index contributed by atoms with van der Waals surface area (Å²) in [6, 6.07) is 8.34. The lowest BCUT2D eigenvalue weighted by Gasteiger charge is -2.33. The third-order valence-electron chi connectivity index (χ3n) is 3.92. The van der Waals surface area contributed by atoms with Gasteiger partial charge in [0.15, 0.2) is 0 Å². The van der Waals surface area contributed by atoms with Gasteiger partial charge < -0.3 is 10.4 Å². The van der Waals surface area contributed by atoms with Crippen molar-refractivity contribution in [3.05, 3.63) is 28.7 Å². The van der Waals surface area contributed by atoms with Gasteiger partial charge in [0.1, 0.15) is 0 Å². The summed E-state index contributed by atoms with van der Waals surface area (Å²) < 4.78 is 1.07. The minimum Gasteiger partial charge on any atom is -0.394 e. The van der Waals surface area contributed by atoms with Crippen LogP contribution in [-0.2, 0) is 0 Å². The first-order valence-electron chi connectivity index (χ1n) is 6.82. The quantitative estimate of drug-likeness (QED) is 0.879. The Labute approximate surface area is 118 Å². The standard InChI is InChI=1S/C15H22BrNO/c1-11-4-2-5-12(8-11)15(10-18)17-14-7-3-6-13(16)9-14/h3,6-7,9,11-12,15,17-18H,2,4-5,8,10H2,1H3. The molecule has 18 heavy (non-hydrogen) atoms. The molecule has 1 saturated carbocycles. The van der Waals surface area contributed by atoms with E-state index >= 15 is 0 Å². The van der Waals surface area contributed by atoms with Gasteiger partial charge in [-0.05, 0) is 42.9 Å². The van der Waals surface area contributed by atoms with Gasteiger partial charge in [0.25, 0.3) is 0 Å². The van der Waals surface area contributed by atoms with Crippen LogP contribution in [0.1, 0.15) is 32.6 Å². The Morgan fingerprint density at radius 1 is 1.44 bits per heavy atom. The van der Waals surface area contributed by atoms with Crippen molar-refractivity contribution in [2.24, 2.45) is 11.8 Å². The predicted octanol–water partition coefficient (Wildman–Crippen LogP) is 4.05. The second-order valence-corrected chi connectivity index (χ2v) is 6.39. The lowest BCUT2D eigenvalue weighted by atomic mass is 9.78. The highest BCUT2D eigenvalue weighted by molar-refractivity contribution is 9.10. The maximum absolute atomic E-state index is 9.62. The number of aliphatic hydroxyl groups excluding tert-OH is 1. The fourth-order valence-electron chi connectivity index (χ4n) is 2.95. The number of anilines is 1. The van der Waals surface area contributed by atoms with Gasteiger partial charge in [-0.15, -0.1) is 0 Å². The minimum absolute atomic E-state index is 0.182. The van der Waals surface area contributed by atoms with Crippen molar-refractivity contribution in [3.63, 3.8) is 0 Å². The average molecular weight is 312 g/mol. The second kappa shape index (κ2) is 6.58. The number of halogens is 1. The molecule has 2 rings (SSSR count). The molecule has 1 aliphatic rings. The molecule has 0 radical (unpaired) electrons. The van der Waals surface area contributed by atoms with Crippen LogP contribution in [0, 0.1) is 11.8 Å². The van der Waals surface area contributed by atoms with Gasteiger partial charge in [-0.25, -0.2) is 0 Å². The summed E-state index contributed by atoms with van der Waals surface area (Å²) >= 11 is 3.48. The first-order valence-corrected chi connectivity index (χ1v) is 7.61. The van der Waals surface area contributed by atoms with Gasteiger partial charge >= 0.3 is 0 Å². The molecule has 0 bridgehead atoms. The summed E-state index contributed by atoms with van der Waals surface area (Å²) in [6.07, 6.45) is 5.09. The van der Waals surface area contributed by atoms with Crippen LogP contribution < -0.4 is 5.32 Å². The average Bonchev–Trinajstić information content (AvgIpc) is 2.36. The van der Waals surface area contributed by atoms with E-state index in [4.69, 9.17) is 0 Å². The second-order valence-electron chi connectivity index (χ2n) is 5.48. The Morgan fingerprint density at radius 2 is 2.28 bits per heavy atom. The van der Waals surface area contributed by atoms with Crippen LogP contribution >= 0.6 is 15.9 Å². The molecular weight excluding hydrogens is 290 g/mol. The number of nitrogens with one attached hydrogen (secondary N) is 1. The molecule has 0 saturated heterocycles. The molecule has 100 valence electrons. The fraction of sp³-hybridized carbons (Fsp3) is 0.600. The fourth-order valence-corrected chi connectivity index (χ4v) is 3.35. The summed E-state index contributed by atoms with van der Waals surface area (Å²) in [5.41, 5.74) is 1.08. The lowest BCUT2D eigenvalue weighted by molar-refractivity contribution is 0.188. The van der Waals surface area contributed by atoms with E-state index in [0.29, 0.717) is 5.92 Å². The molecule has 1 aliphatic carbocycles. The number of benzene rings is 1. The van der Waals surface area contributed by atoms with Crippen LogP contribution in [0.5, 0.6) is 0 Å². The Morgan fingerprint density at radius 3 is 2.94 bits per heavy atom. The van der Waals surface area contributed by atoms with Crippen molar-refractivity contribution in [2.75, 3.05) is 11.9 Å². The van der Waals surface area contributed by atoms with Crippen LogP contribution in [-0.4, -0.2) is 17.8 Å². The molecule has 0 amide bonds. The monoisotopic (exact) mass is 311 g/mol. The summed E-state index contributed by atoms with van der Waals surface area (Å²) in [5, 5.41) is 13.1. The molecule has 0 spiro atoms. The number of hydrogen-bond donors (Lipinski definition) is 2. The van der Waals surface area contributed by atoms with Crippen LogP contribution in [0.4, 0.5) is 5.69 Å². The summed E-state index contributed by atoms with van der Waals surface area (Å²) in [6.45, 7) is 2.53. The van der Waals surface area contributed by atoms with Gasteiger partial charge in [0.2, 0.25) is 0 Å². The highest BCUT2D eigenvalue weighted by Gasteiger charge is 2.26. The maximum Gasteiger partial charge on any atom is 0.0635 e. The largest absolute Gasteiger partial charge is 0.394 e. The van der Waals surface area contributed by atoms with Gasteiger partial charge in [0, 0.05) is 10.2 Å². The van der Waals surface area contributed by atoms with E-state index in [-0.39, 0.29) is 12.6 Å². The number of aliphatic hydroxyl groups is 1. The van der Waals surface area contributed by atoms with Crippen molar-refractivity contribution < 1.29 is 5.11 Å². The van der Waals surface area contributed by atoms with E-state index in [0.717, 1.165) is 16.1 Å². The topological polar surface area (TPSA) is 32.3 Å². The molecule has 1 fully saturated rings. The Balaban J connectivity index is 2.00. The van der Waals surface area contributed by atoms with E-state index in [1.807, 2.05) is 12.1 Å². The number of rotatable bonds is 4. The molecule has 3 atom stereocenters. The third kappa shape index (κ3) is 3.72.